The normalized spacial score (nSPS) is 11.2. The summed E-state index contributed by atoms with van der Waals surface area (Å²) in [6.45, 7) is 0. The monoisotopic (exact) mass is 214 g/mol. The molecule has 0 nitrogen and oxygen atoms in total. The van der Waals surface area contributed by atoms with E-state index >= 15 is 0 Å². The summed E-state index contributed by atoms with van der Waals surface area (Å²) < 4.78 is 0. The Labute approximate surface area is 101 Å². The molecule has 0 aromatic heterocycles. The second kappa shape index (κ2) is 3.55. The van der Waals surface area contributed by atoms with Crippen LogP contribution in [0.25, 0.3) is 11.1 Å². The van der Waals surface area contributed by atoms with Gasteiger partial charge in [-0.05, 0) is 52.9 Å². The van der Waals surface area contributed by atoms with Gasteiger partial charge in [-0.15, -0.1) is 12.8 Å². The predicted molar refractivity (Wildman–Crippen MR) is 70.6 cm³/mol. The van der Waals surface area contributed by atoms with Gasteiger partial charge < -0.3 is 0 Å². The van der Waals surface area contributed by atoms with Crippen molar-refractivity contribution in [1.82, 2.24) is 0 Å². The molecule has 0 saturated carbocycles. The third kappa shape index (κ3) is 1.43. The van der Waals surface area contributed by atoms with Crippen molar-refractivity contribution in [1.29, 1.82) is 0 Å². The fourth-order valence-corrected chi connectivity index (χ4v) is 2.39. The smallest absolute Gasteiger partial charge is 0.0245 e. The zero-order valence-corrected chi connectivity index (χ0v) is 9.33. The minimum Gasteiger partial charge on any atom is -0.115 e. The summed E-state index contributed by atoms with van der Waals surface area (Å²) in [5, 5.41) is 0. The largest absolute Gasteiger partial charge is 0.115 e. The van der Waals surface area contributed by atoms with E-state index in [1.54, 1.807) is 0 Å². The highest BCUT2D eigenvalue weighted by atomic mass is 14.2. The molecule has 0 saturated heterocycles. The number of hydrogen-bond acceptors (Lipinski definition) is 0. The third-order valence-electron chi connectivity index (χ3n) is 3.21. The highest BCUT2D eigenvalue weighted by molar-refractivity contribution is 5.78. The van der Waals surface area contributed by atoms with Crippen LogP contribution in [0.2, 0.25) is 0 Å². The van der Waals surface area contributed by atoms with Gasteiger partial charge in [-0.3, -0.25) is 0 Å². The molecule has 0 amide bonds. The van der Waals surface area contributed by atoms with E-state index in [-0.39, 0.29) is 0 Å². The minimum atomic E-state index is 0.926. The molecule has 0 N–H and O–H groups in total. The van der Waals surface area contributed by atoms with Crippen LogP contribution in [0.4, 0.5) is 0 Å². The van der Waals surface area contributed by atoms with Gasteiger partial charge >= 0.3 is 0 Å². The van der Waals surface area contributed by atoms with E-state index in [0.717, 1.165) is 17.5 Å². The maximum atomic E-state index is 5.42. The fourth-order valence-electron chi connectivity index (χ4n) is 2.39. The van der Waals surface area contributed by atoms with Gasteiger partial charge in [-0.2, -0.15) is 0 Å². The van der Waals surface area contributed by atoms with Crippen molar-refractivity contribution >= 4 is 0 Å². The first-order valence-corrected chi connectivity index (χ1v) is 5.51. The molecular weight excluding hydrogens is 204 g/mol. The molecule has 2 aromatic rings. The maximum absolute atomic E-state index is 5.42. The minimum absolute atomic E-state index is 0.926. The second-order valence-electron chi connectivity index (χ2n) is 4.21. The Hall–Kier alpha value is -2.44. The Bertz CT molecular complexity index is 629. The van der Waals surface area contributed by atoms with Crippen LogP contribution in [0.1, 0.15) is 22.3 Å². The molecule has 0 heterocycles. The topological polar surface area (TPSA) is 0 Å². The highest BCUT2D eigenvalue weighted by Crippen LogP contribution is 2.37. The molecule has 1 aliphatic rings. The number of fused-ring (bicyclic) bond motifs is 3. The molecule has 3 rings (SSSR count). The van der Waals surface area contributed by atoms with E-state index in [1.807, 2.05) is 12.1 Å². The second-order valence-corrected chi connectivity index (χ2v) is 4.21. The van der Waals surface area contributed by atoms with Gasteiger partial charge in [0.25, 0.3) is 0 Å². The Balaban J connectivity index is 2.18. The van der Waals surface area contributed by atoms with Gasteiger partial charge in [-0.1, -0.05) is 24.0 Å². The maximum Gasteiger partial charge on any atom is 0.0245 e. The quantitative estimate of drug-likeness (QED) is 0.504. The van der Waals surface area contributed by atoms with Crippen molar-refractivity contribution in [2.45, 2.75) is 6.42 Å². The molecule has 0 spiro atoms. The van der Waals surface area contributed by atoms with E-state index < -0.39 is 0 Å². The van der Waals surface area contributed by atoms with Crippen molar-refractivity contribution in [2.75, 3.05) is 0 Å². The molecule has 0 radical (unpaired) electrons. The molecule has 2 aromatic carbocycles. The van der Waals surface area contributed by atoms with Crippen LogP contribution in [0.3, 0.4) is 0 Å². The first-order valence-electron chi connectivity index (χ1n) is 5.51. The Morgan fingerprint density at radius 1 is 0.765 bits per heavy atom. The molecule has 0 atom stereocenters. The molecule has 17 heavy (non-hydrogen) atoms. The molecule has 0 bridgehead atoms. The number of benzene rings is 2. The van der Waals surface area contributed by atoms with E-state index in [0.29, 0.717) is 0 Å². The molecule has 1 aliphatic carbocycles. The van der Waals surface area contributed by atoms with Crippen molar-refractivity contribution in [3.05, 3.63) is 58.7 Å². The Morgan fingerprint density at radius 3 is 1.65 bits per heavy atom. The van der Waals surface area contributed by atoms with E-state index in [4.69, 9.17) is 12.8 Å². The first-order chi connectivity index (χ1) is 8.31. The third-order valence-corrected chi connectivity index (χ3v) is 3.21. The van der Waals surface area contributed by atoms with Gasteiger partial charge in [-0.25, -0.2) is 0 Å². The lowest BCUT2D eigenvalue weighted by Gasteiger charge is -2.01. The molecular formula is C17H10. The molecule has 0 unspecified atom stereocenters. The van der Waals surface area contributed by atoms with Gasteiger partial charge in [0.15, 0.2) is 0 Å². The average Bonchev–Trinajstić information content (AvgIpc) is 2.74. The van der Waals surface area contributed by atoms with Crippen molar-refractivity contribution in [3.63, 3.8) is 0 Å². The van der Waals surface area contributed by atoms with Crippen molar-refractivity contribution in [2.24, 2.45) is 0 Å². The summed E-state index contributed by atoms with van der Waals surface area (Å²) in [6.07, 6.45) is 11.8. The first kappa shape index (κ1) is 9.76. The summed E-state index contributed by atoms with van der Waals surface area (Å²) >= 11 is 0. The predicted octanol–water partition coefficient (Wildman–Crippen LogP) is 3.22. The molecule has 78 valence electrons. The molecule has 0 aliphatic heterocycles. The van der Waals surface area contributed by atoms with Gasteiger partial charge in [0, 0.05) is 11.1 Å². The van der Waals surface area contributed by atoms with Gasteiger partial charge in [0.1, 0.15) is 0 Å². The van der Waals surface area contributed by atoms with Crippen molar-refractivity contribution < 1.29 is 0 Å². The van der Waals surface area contributed by atoms with Crippen LogP contribution in [0, 0.1) is 24.7 Å². The van der Waals surface area contributed by atoms with E-state index in [9.17, 15) is 0 Å². The van der Waals surface area contributed by atoms with E-state index in [2.05, 4.69) is 36.1 Å². The standard InChI is InChI=1S/C17H10/c1-3-12-5-7-16-14(9-12)11-15-10-13(4-2)6-8-17(15)16/h1-2,5-10H,11H2. The van der Waals surface area contributed by atoms with Crippen LogP contribution >= 0.6 is 0 Å². The zero-order valence-electron chi connectivity index (χ0n) is 9.33. The lowest BCUT2D eigenvalue weighted by atomic mass is 10.0. The SMILES string of the molecule is C#Cc1ccc2c(c1)Cc1cc(C#C)ccc1-2. The Kier molecular flexibility index (Phi) is 2.04. The summed E-state index contributed by atoms with van der Waals surface area (Å²) in [7, 11) is 0. The highest BCUT2D eigenvalue weighted by Gasteiger charge is 2.18. The summed E-state index contributed by atoms with van der Waals surface area (Å²) in [6, 6.07) is 12.4. The summed E-state index contributed by atoms with van der Waals surface area (Å²) in [4.78, 5) is 0. The number of terminal acetylenes is 2. The zero-order chi connectivity index (χ0) is 11.8. The van der Waals surface area contributed by atoms with Gasteiger partial charge in [0.05, 0.1) is 0 Å². The van der Waals surface area contributed by atoms with Crippen LogP contribution in [0.15, 0.2) is 36.4 Å². The lowest BCUT2D eigenvalue weighted by molar-refractivity contribution is 1.26. The van der Waals surface area contributed by atoms with Crippen molar-refractivity contribution in [3.8, 4) is 35.8 Å². The van der Waals surface area contributed by atoms with Crippen LogP contribution in [-0.2, 0) is 6.42 Å². The van der Waals surface area contributed by atoms with Crippen LogP contribution in [-0.4, -0.2) is 0 Å². The fraction of sp³-hybridized carbons (Fsp3) is 0.0588. The lowest BCUT2D eigenvalue weighted by Crippen LogP contribution is -1.82. The summed E-state index contributed by atoms with van der Waals surface area (Å²) in [5.74, 6) is 5.35. The number of rotatable bonds is 0. The van der Waals surface area contributed by atoms with E-state index in [1.165, 1.54) is 22.3 Å². The van der Waals surface area contributed by atoms with Crippen LogP contribution in [0.5, 0.6) is 0 Å². The molecule has 0 fully saturated rings. The van der Waals surface area contributed by atoms with Crippen LogP contribution < -0.4 is 0 Å². The number of hydrogen-bond donors (Lipinski definition) is 0. The molecule has 0 heteroatoms. The Morgan fingerprint density at radius 2 is 1.24 bits per heavy atom. The average molecular weight is 214 g/mol. The summed E-state index contributed by atoms with van der Waals surface area (Å²) in [5.41, 5.74) is 7.03. The van der Waals surface area contributed by atoms with Gasteiger partial charge in [0.2, 0.25) is 0 Å².